The van der Waals surface area contributed by atoms with Crippen molar-refractivity contribution in [2.45, 2.75) is 18.9 Å². The maximum Gasteiger partial charge on any atom is 0.161 e. The molecule has 19 heavy (non-hydrogen) atoms. The van der Waals surface area contributed by atoms with E-state index in [2.05, 4.69) is 16.4 Å². The van der Waals surface area contributed by atoms with Crippen molar-refractivity contribution >= 4 is 5.78 Å². The number of ketones is 1. The first kappa shape index (κ1) is 12.1. The minimum atomic E-state index is -0.193. The Morgan fingerprint density at radius 2 is 2.32 bits per heavy atom. The number of imidazole rings is 1. The van der Waals surface area contributed by atoms with Crippen LogP contribution in [0.15, 0.2) is 36.7 Å². The summed E-state index contributed by atoms with van der Waals surface area (Å²) in [5.41, 5.74) is 2.40. The molecule has 1 atom stereocenters. The molecule has 2 aromatic rings. The molecule has 1 aromatic carbocycles. The number of hydrogen-bond donors (Lipinski definition) is 1. The zero-order valence-corrected chi connectivity index (χ0v) is 11.0. The van der Waals surface area contributed by atoms with Crippen LogP contribution in [0.1, 0.15) is 23.0 Å². The van der Waals surface area contributed by atoms with Crippen molar-refractivity contribution < 1.29 is 4.79 Å². The van der Waals surface area contributed by atoms with Gasteiger partial charge in [-0.15, -0.1) is 0 Å². The van der Waals surface area contributed by atoms with E-state index in [4.69, 9.17) is 0 Å². The van der Waals surface area contributed by atoms with E-state index in [1.54, 1.807) is 6.20 Å². The van der Waals surface area contributed by atoms with E-state index in [0.29, 0.717) is 6.42 Å². The molecule has 1 aliphatic heterocycles. The zero-order valence-electron chi connectivity index (χ0n) is 11.0. The average molecular weight is 255 g/mol. The number of Topliss-reactive ketones (excluding diaryl/α,β-unsaturated/α-hetero) is 1. The normalized spacial score (nSPS) is 18.1. The Balaban J connectivity index is 1.84. The van der Waals surface area contributed by atoms with Crippen LogP contribution in [-0.4, -0.2) is 21.9 Å². The fourth-order valence-corrected chi connectivity index (χ4v) is 2.62. The average Bonchev–Trinajstić information content (AvgIpc) is 2.83. The summed E-state index contributed by atoms with van der Waals surface area (Å²) in [6.45, 7) is 0.855. The van der Waals surface area contributed by atoms with Crippen LogP contribution in [0.5, 0.6) is 0 Å². The fourth-order valence-electron chi connectivity index (χ4n) is 2.62. The first-order chi connectivity index (χ1) is 9.25. The molecular weight excluding hydrogens is 238 g/mol. The van der Waals surface area contributed by atoms with E-state index >= 15 is 0 Å². The standard InChI is InChI=1S/C15H17N3O/c1-18-9-8-16-14(18)10-13(19)15-12-5-3-2-4-11(12)6-7-17-15/h2-5,8-9,15,17H,6-7,10H2,1H3. The van der Waals surface area contributed by atoms with Gasteiger partial charge in [-0.2, -0.15) is 0 Å². The van der Waals surface area contributed by atoms with E-state index < -0.39 is 0 Å². The third-order valence-corrected chi connectivity index (χ3v) is 3.68. The van der Waals surface area contributed by atoms with Crippen molar-refractivity contribution in [1.29, 1.82) is 0 Å². The van der Waals surface area contributed by atoms with E-state index in [1.165, 1.54) is 5.56 Å². The number of rotatable bonds is 3. The zero-order chi connectivity index (χ0) is 13.2. The first-order valence-electron chi connectivity index (χ1n) is 6.56. The predicted octanol–water partition coefficient (Wildman–Crippen LogP) is 1.42. The molecule has 1 aromatic heterocycles. The van der Waals surface area contributed by atoms with Crippen molar-refractivity contribution in [2.75, 3.05) is 6.54 Å². The lowest BCUT2D eigenvalue weighted by molar-refractivity contribution is -0.120. The SMILES string of the molecule is Cn1ccnc1CC(=O)C1NCCc2ccccc21. The second-order valence-electron chi connectivity index (χ2n) is 4.93. The molecular formula is C15H17N3O. The molecule has 0 fully saturated rings. The highest BCUT2D eigenvalue weighted by atomic mass is 16.1. The lowest BCUT2D eigenvalue weighted by Gasteiger charge is -2.25. The molecule has 1 N–H and O–H groups in total. The summed E-state index contributed by atoms with van der Waals surface area (Å²) < 4.78 is 1.90. The Morgan fingerprint density at radius 1 is 1.47 bits per heavy atom. The summed E-state index contributed by atoms with van der Waals surface area (Å²) in [5, 5.41) is 3.32. The van der Waals surface area contributed by atoms with E-state index in [-0.39, 0.29) is 11.8 Å². The monoisotopic (exact) mass is 255 g/mol. The molecule has 0 amide bonds. The van der Waals surface area contributed by atoms with Crippen LogP contribution in [0.4, 0.5) is 0 Å². The van der Waals surface area contributed by atoms with Gasteiger partial charge in [-0.25, -0.2) is 4.98 Å². The van der Waals surface area contributed by atoms with Crippen LogP contribution in [0.3, 0.4) is 0 Å². The van der Waals surface area contributed by atoms with Crippen LogP contribution >= 0.6 is 0 Å². The van der Waals surface area contributed by atoms with Crippen molar-refractivity contribution in [3.63, 3.8) is 0 Å². The van der Waals surface area contributed by atoms with Crippen LogP contribution in [-0.2, 0) is 24.7 Å². The largest absolute Gasteiger partial charge is 0.338 e. The number of carbonyl (C=O) groups is 1. The summed E-state index contributed by atoms with van der Waals surface area (Å²) in [6, 6.07) is 7.98. The van der Waals surface area contributed by atoms with Gasteiger partial charge in [0.25, 0.3) is 0 Å². The van der Waals surface area contributed by atoms with Crippen molar-refractivity contribution in [3.8, 4) is 0 Å². The molecule has 1 aliphatic rings. The van der Waals surface area contributed by atoms with Crippen LogP contribution in [0, 0.1) is 0 Å². The van der Waals surface area contributed by atoms with Gasteiger partial charge in [-0.05, 0) is 17.5 Å². The van der Waals surface area contributed by atoms with Gasteiger partial charge in [0.05, 0.1) is 12.5 Å². The number of nitrogens with one attached hydrogen (secondary N) is 1. The predicted molar refractivity (Wildman–Crippen MR) is 72.8 cm³/mol. The maximum absolute atomic E-state index is 12.5. The molecule has 2 heterocycles. The van der Waals surface area contributed by atoms with Crippen molar-refractivity contribution in [1.82, 2.24) is 14.9 Å². The van der Waals surface area contributed by atoms with Gasteiger partial charge in [0.2, 0.25) is 0 Å². The third-order valence-electron chi connectivity index (χ3n) is 3.68. The molecule has 0 saturated carbocycles. The van der Waals surface area contributed by atoms with Gasteiger partial charge in [0.1, 0.15) is 5.82 Å². The highest BCUT2D eigenvalue weighted by molar-refractivity contribution is 5.87. The van der Waals surface area contributed by atoms with Gasteiger partial charge < -0.3 is 9.88 Å². The van der Waals surface area contributed by atoms with Gasteiger partial charge in [0.15, 0.2) is 5.78 Å². The molecule has 0 spiro atoms. The second-order valence-corrected chi connectivity index (χ2v) is 4.93. The summed E-state index contributed by atoms with van der Waals surface area (Å²) in [4.78, 5) is 16.7. The van der Waals surface area contributed by atoms with Gasteiger partial charge >= 0.3 is 0 Å². The van der Waals surface area contributed by atoms with Crippen LogP contribution in [0.25, 0.3) is 0 Å². The van der Waals surface area contributed by atoms with Gasteiger partial charge in [-0.3, -0.25) is 4.79 Å². The molecule has 0 radical (unpaired) electrons. The lowest BCUT2D eigenvalue weighted by atomic mass is 9.91. The second kappa shape index (κ2) is 4.97. The molecule has 98 valence electrons. The minimum absolute atomic E-state index is 0.182. The summed E-state index contributed by atoms with van der Waals surface area (Å²) in [7, 11) is 1.91. The van der Waals surface area contributed by atoms with Crippen LogP contribution < -0.4 is 5.32 Å². The fraction of sp³-hybridized carbons (Fsp3) is 0.333. The number of hydrogen-bond acceptors (Lipinski definition) is 3. The minimum Gasteiger partial charge on any atom is -0.338 e. The molecule has 0 aliphatic carbocycles. The van der Waals surface area contributed by atoms with Crippen LogP contribution in [0.2, 0.25) is 0 Å². The quantitative estimate of drug-likeness (QED) is 0.902. The number of aryl methyl sites for hydroxylation is 1. The van der Waals surface area contributed by atoms with E-state index in [0.717, 1.165) is 24.4 Å². The summed E-state index contributed by atoms with van der Waals surface area (Å²) >= 11 is 0. The van der Waals surface area contributed by atoms with Crippen molar-refractivity contribution in [3.05, 3.63) is 53.6 Å². The Kier molecular flexibility index (Phi) is 3.17. The molecule has 1 unspecified atom stereocenters. The molecule has 4 heteroatoms. The summed E-state index contributed by atoms with van der Waals surface area (Å²) in [5.74, 6) is 0.997. The molecule has 0 saturated heterocycles. The smallest absolute Gasteiger partial charge is 0.161 e. The maximum atomic E-state index is 12.5. The number of benzene rings is 1. The molecule has 4 nitrogen and oxygen atoms in total. The van der Waals surface area contributed by atoms with Crippen molar-refractivity contribution in [2.24, 2.45) is 7.05 Å². The third kappa shape index (κ3) is 2.31. The first-order valence-corrected chi connectivity index (χ1v) is 6.56. The lowest BCUT2D eigenvalue weighted by Crippen LogP contribution is -2.36. The van der Waals surface area contributed by atoms with Gasteiger partial charge in [0, 0.05) is 26.0 Å². The Morgan fingerprint density at radius 3 is 3.11 bits per heavy atom. The number of aromatic nitrogens is 2. The molecule has 3 rings (SSSR count). The van der Waals surface area contributed by atoms with Gasteiger partial charge in [-0.1, -0.05) is 24.3 Å². The number of fused-ring (bicyclic) bond motifs is 1. The Bertz CT molecular complexity index is 603. The number of carbonyl (C=O) groups excluding carboxylic acids is 1. The Labute approximate surface area is 112 Å². The summed E-state index contributed by atoms with van der Waals surface area (Å²) in [6.07, 6.45) is 4.95. The number of nitrogens with zero attached hydrogens (tertiary/aromatic N) is 2. The van der Waals surface area contributed by atoms with E-state index in [9.17, 15) is 4.79 Å². The highest BCUT2D eigenvalue weighted by Crippen LogP contribution is 2.24. The molecule has 0 bridgehead atoms. The Hall–Kier alpha value is -1.94. The highest BCUT2D eigenvalue weighted by Gasteiger charge is 2.26. The van der Waals surface area contributed by atoms with E-state index in [1.807, 2.05) is 36.0 Å². The topological polar surface area (TPSA) is 46.9 Å².